The predicted octanol–water partition coefficient (Wildman–Crippen LogP) is 3.63. The number of hydrogen-bond acceptors (Lipinski definition) is 3. The lowest BCUT2D eigenvalue weighted by Gasteiger charge is -2.20. The highest BCUT2D eigenvalue weighted by Gasteiger charge is 2.18. The van der Waals surface area contributed by atoms with Crippen molar-refractivity contribution in [2.75, 3.05) is 26.0 Å². The summed E-state index contributed by atoms with van der Waals surface area (Å²) in [5.74, 6) is -0.491. The third-order valence-electron chi connectivity index (χ3n) is 3.55. The molecule has 24 heavy (non-hydrogen) atoms. The molecular formula is C18H20F2N2O2. The minimum Gasteiger partial charge on any atom is -0.434 e. The normalized spacial score (nSPS) is 10.6. The lowest BCUT2D eigenvalue weighted by molar-refractivity contribution is -0.0502. The largest absolute Gasteiger partial charge is 0.434 e. The molecular weight excluding hydrogens is 314 g/mol. The van der Waals surface area contributed by atoms with Crippen LogP contribution in [0.1, 0.15) is 15.9 Å². The number of rotatable bonds is 6. The fourth-order valence-electron chi connectivity index (χ4n) is 2.29. The summed E-state index contributed by atoms with van der Waals surface area (Å²) < 4.78 is 29.4. The Morgan fingerprint density at radius 1 is 1.04 bits per heavy atom. The number of alkyl halides is 2. The van der Waals surface area contributed by atoms with Crippen molar-refractivity contribution in [2.24, 2.45) is 0 Å². The van der Waals surface area contributed by atoms with Crippen LogP contribution in [0.3, 0.4) is 0 Å². The van der Waals surface area contributed by atoms with E-state index in [-0.39, 0.29) is 17.2 Å². The van der Waals surface area contributed by atoms with Gasteiger partial charge in [0.2, 0.25) is 0 Å². The van der Waals surface area contributed by atoms with Gasteiger partial charge < -0.3 is 14.5 Å². The number of carbonyl (C=O) groups excluding carboxylic acids is 1. The van der Waals surface area contributed by atoms with Gasteiger partial charge in [-0.2, -0.15) is 8.78 Å². The smallest absolute Gasteiger partial charge is 0.387 e. The van der Waals surface area contributed by atoms with Gasteiger partial charge in [-0.25, -0.2) is 0 Å². The standard InChI is InChI=1S/C18H20F2N2O2/c1-21(2)14-10-8-13(9-11-14)12-22(3)17(23)15-6-4-5-7-16(15)24-18(19)20/h4-11,18H,12H2,1-3H3. The Labute approximate surface area is 140 Å². The second-order valence-corrected chi connectivity index (χ2v) is 5.60. The Kier molecular flexibility index (Phi) is 5.73. The van der Waals surface area contributed by atoms with Crippen LogP contribution in [0.25, 0.3) is 0 Å². The lowest BCUT2D eigenvalue weighted by Crippen LogP contribution is -2.27. The fourth-order valence-corrected chi connectivity index (χ4v) is 2.29. The van der Waals surface area contributed by atoms with Gasteiger partial charge in [-0.05, 0) is 29.8 Å². The van der Waals surface area contributed by atoms with Gasteiger partial charge in [-0.15, -0.1) is 0 Å². The zero-order valence-electron chi connectivity index (χ0n) is 13.9. The van der Waals surface area contributed by atoms with E-state index in [9.17, 15) is 13.6 Å². The molecule has 0 saturated carbocycles. The first kappa shape index (κ1) is 17.7. The number of para-hydroxylation sites is 1. The predicted molar refractivity (Wildman–Crippen MR) is 89.6 cm³/mol. The third-order valence-corrected chi connectivity index (χ3v) is 3.55. The molecule has 4 nitrogen and oxygen atoms in total. The van der Waals surface area contributed by atoms with Crippen LogP contribution in [-0.2, 0) is 6.54 Å². The maximum atomic E-state index is 12.5. The van der Waals surface area contributed by atoms with E-state index in [0.29, 0.717) is 6.54 Å². The fraction of sp³-hybridized carbons (Fsp3) is 0.278. The second kappa shape index (κ2) is 7.77. The summed E-state index contributed by atoms with van der Waals surface area (Å²) in [7, 11) is 5.52. The van der Waals surface area contributed by atoms with Crippen molar-refractivity contribution in [3.05, 3.63) is 59.7 Å². The van der Waals surface area contributed by atoms with Crippen molar-refractivity contribution in [1.29, 1.82) is 0 Å². The molecule has 2 aromatic rings. The van der Waals surface area contributed by atoms with Gasteiger partial charge in [-0.1, -0.05) is 24.3 Å². The number of nitrogens with zero attached hydrogens (tertiary/aromatic N) is 2. The van der Waals surface area contributed by atoms with Crippen LogP contribution in [0.4, 0.5) is 14.5 Å². The molecule has 0 unspecified atom stereocenters. The Bertz CT molecular complexity index is 688. The molecule has 0 aliphatic heterocycles. The molecule has 0 aliphatic rings. The van der Waals surface area contributed by atoms with Crippen LogP contribution in [0.2, 0.25) is 0 Å². The molecule has 0 bridgehead atoms. The molecule has 2 aromatic carbocycles. The minimum atomic E-state index is -2.97. The van der Waals surface area contributed by atoms with Crippen molar-refractivity contribution < 1.29 is 18.3 Å². The first-order chi connectivity index (χ1) is 11.4. The number of carbonyl (C=O) groups is 1. The zero-order chi connectivity index (χ0) is 17.7. The van der Waals surface area contributed by atoms with Gasteiger partial charge in [0, 0.05) is 33.4 Å². The van der Waals surface area contributed by atoms with Gasteiger partial charge in [0.1, 0.15) is 5.75 Å². The molecule has 128 valence electrons. The van der Waals surface area contributed by atoms with Gasteiger partial charge in [0.25, 0.3) is 5.91 Å². The molecule has 0 heterocycles. The summed E-state index contributed by atoms with van der Waals surface area (Å²) in [4.78, 5) is 16.0. The average Bonchev–Trinajstić information content (AvgIpc) is 2.54. The summed E-state index contributed by atoms with van der Waals surface area (Å²) in [6, 6.07) is 13.8. The highest BCUT2D eigenvalue weighted by molar-refractivity contribution is 5.96. The van der Waals surface area contributed by atoms with E-state index in [2.05, 4.69) is 4.74 Å². The average molecular weight is 334 g/mol. The van der Waals surface area contributed by atoms with Crippen LogP contribution >= 0.6 is 0 Å². The summed E-state index contributed by atoms with van der Waals surface area (Å²) in [5, 5.41) is 0. The molecule has 6 heteroatoms. The summed E-state index contributed by atoms with van der Waals surface area (Å²) in [5.41, 5.74) is 2.12. The Morgan fingerprint density at radius 3 is 2.25 bits per heavy atom. The number of amides is 1. The number of ether oxygens (including phenoxy) is 1. The van der Waals surface area contributed by atoms with Crippen molar-refractivity contribution >= 4 is 11.6 Å². The molecule has 1 amide bonds. The van der Waals surface area contributed by atoms with E-state index < -0.39 is 6.61 Å². The summed E-state index contributed by atoms with van der Waals surface area (Å²) in [6.45, 7) is -2.60. The first-order valence-corrected chi connectivity index (χ1v) is 7.44. The van der Waals surface area contributed by atoms with Crippen LogP contribution in [0, 0.1) is 0 Å². The number of hydrogen-bond donors (Lipinski definition) is 0. The van der Waals surface area contributed by atoms with Gasteiger partial charge in [0.15, 0.2) is 0 Å². The SMILES string of the molecule is CN(Cc1ccc(N(C)C)cc1)C(=O)c1ccccc1OC(F)F. The van der Waals surface area contributed by atoms with Gasteiger partial charge in [0.05, 0.1) is 5.56 Å². The molecule has 0 saturated heterocycles. The molecule has 0 atom stereocenters. The van der Waals surface area contributed by atoms with E-state index in [0.717, 1.165) is 11.3 Å². The van der Waals surface area contributed by atoms with E-state index in [1.165, 1.54) is 17.0 Å². The highest BCUT2D eigenvalue weighted by Crippen LogP contribution is 2.22. The monoisotopic (exact) mass is 334 g/mol. The summed E-state index contributed by atoms with van der Waals surface area (Å²) >= 11 is 0. The van der Waals surface area contributed by atoms with Crippen LogP contribution in [-0.4, -0.2) is 38.6 Å². The van der Waals surface area contributed by atoms with Crippen LogP contribution in [0.5, 0.6) is 5.75 Å². The molecule has 0 N–H and O–H groups in total. The van der Waals surface area contributed by atoms with E-state index in [1.807, 2.05) is 43.3 Å². The minimum absolute atomic E-state index is 0.116. The number of halogens is 2. The lowest BCUT2D eigenvalue weighted by atomic mass is 10.1. The topological polar surface area (TPSA) is 32.8 Å². The van der Waals surface area contributed by atoms with Crippen molar-refractivity contribution in [3.8, 4) is 5.75 Å². The van der Waals surface area contributed by atoms with Crippen LogP contribution < -0.4 is 9.64 Å². The second-order valence-electron chi connectivity index (χ2n) is 5.60. The maximum absolute atomic E-state index is 12.5. The van der Waals surface area contributed by atoms with E-state index >= 15 is 0 Å². The third kappa shape index (κ3) is 4.44. The molecule has 2 rings (SSSR count). The van der Waals surface area contributed by atoms with E-state index in [4.69, 9.17) is 0 Å². The Balaban J connectivity index is 2.12. The van der Waals surface area contributed by atoms with Crippen molar-refractivity contribution in [1.82, 2.24) is 4.90 Å². The molecule has 0 aliphatic carbocycles. The van der Waals surface area contributed by atoms with Gasteiger partial charge >= 0.3 is 6.61 Å². The Hall–Kier alpha value is -2.63. The molecule has 0 aromatic heterocycles. The van der Waals surface area contributed by atoms with Crippen molar-refractivity contribution in [3.63, 3.8) is 0 Å². The molecule has 0 spiro atoms. The van der Waals surface area contributed by atoms with Crippen LogP contribution in [0.15, 0.2) is 48.5 Å². The molecule has 0 fully saturated rings. The highest BCUT2D eigenvalue weighted by atomic mass is 19.3. The zero-order valence-corrected chi connectivity index (χ0v) is 13.9. The van der Waals surface area contributed by atoms with Crippen molar-refractivity contribution in [2.45, 2.75) is 13.2 Å². The maximum Gasteiger partial charge on any atom is 0.387 e. The Morgan fingerprint density at radius 2 is 1.67 bits per heavy atom. The molecule has 0 radical (unpaired) electrons. The van der Waals surface area contributed by atoms with E-state index in [1.54, 1.807) is 19.2 Å². The first-order valence-electron chi connectivity index (χ1n) is 7.44. The quantitative estimate of drug-likeness (QED) is 0.809. The summed E-state index contributed by atoms with van der Waals surface area (Å²) in [6.07, 6.45) is 0. The van der Waals surface area contributed by atoms with Gasteiger partial charge in [-0.3, -0.25) is 4.79 Å². The number of benzene rings is 2. The number of anilines is 1.